The summed E-state index contributed by atoms with van der Waals surface area (Å²) >= 11 is 0. The first kappa shape index (κ1) is 8.31. The van der Waals surface area contributed by atoms with Crippen molar-refractivity contribution in [2.24, 2.45) is 0 Å². The smallest absolute Gasteiger partial charge is 0.0342 e. The van der Waals surface area contributed by atoms with Crippen LogP contribution in [0.4, 0.5) is 0 Å². The Bertz CT molecular complexity index is 248. The minimum atomic E-state index is 0.760. The van der Waals surface area contributed by atoms with Crippen molar-refractivity contribution < 1.29 is 0 Å². The second-order valence-electron chi connectivity index (χ2n) is 3.80. The quantitative estimate of drug-likeness (QED) is 0.646. The van der Waals surface area contributed by atoms with Crippen molar-refractivity contribution >= 4 is 8.35 Å². The van der Waals surface area contributed by atoms with Gasteiger partial charge in [-0.2, -0.15) is 0 Å². The molecule has 0 spiro atoms. The lowest BCUT2D eigenvalue weighted by atomic mass is 9.87. The summed E-state index contributed by atoms with van der Waals surface area (Å²) in [7, 11) is 0.760. The van der Waals surface area contributed by atoms with Crippen molar-refractivity contribution in [2.45, 2.75) is 44.9 Å². The van der Waals surface area contributed by atoms with Gasteiger partial charge in [-0.05, 0) is 44.9 Å². The third kappa shape index (κ3) is 1.56. The molecular formula is C10H16NP. The van der Waals surface area contributed by atoms with Crippen molar-refractivity contribution in [2.75, 3.05) is 0 Å². The van der Waals surface area contributed by atoms with Gasteiger partial charge in [0, 0.05) is 6.20 Å². The summed E-state index contributed by atoms with van der Waals surface area (Å²) in [5.74, 6) is 0.889. The van der Waals surface area contributed by atoms with Gasteiger partial charge in [0.1, 0.15) is 0 Å². The zero-order valence-corrected chi connectivity index (χ0v) is 8.64. The van der Waals surface area contributed by atoms with Gasteiger partial charge in [-0.1, -0.05) is 19.3 Å². The normalized spacial score (nSPS) is 20.4. The topological polar surface area (TPSA) is 12.9 Å². The number of rotatable bonds is 1. The molecule has 1 aromatic heterocycles. The summed E-state index contributed by atoms with van der Waals surface area (Å²) in [4.78, 5) is 0. The predicted molar refractivity (Wildman–Crippen MR) is 54.3 cm³/mol. The molecule has 1 unspecified atom stereocenters. The summed E-state index contributed by atoms with van der Waals surface area (Å²) < 4.78 is 4.35. The van der Waals surface area contributed by atoms with E-state index in [4.69, 9.17) is 0 Å². The lowest BCUT2D eigenvalue weighted by Crippen LogP contribution is -2.03. The summed E-state index contributed by atoms with van der Waals surface area (Å²) in [6, 6.07) is 0. The van der Waals surface area contributed by atoms with Crippen LogP contribution in [0.25, 0.3) is 0 Å². The molecule has 0 radical (unpaired) electrons. The summed E-state index contributed by atoms with van der Waals surface area (Å²) in [5.41, 5.74) is 1.46. The SMILES string of the molecule is Cc1cn[pH]c1C1CCCCC1. The summed E-state index contributed by atoms with van der Waals surface area (Å²) in [6.07, 6.45) is 9.22. The fourth-order valence-corrected chi connectivity index (χ4v) is 3.27. The second-order valence-corrected chi connectivity index (χ2v) is 4.82. The number of hydrogen-bond donors (Lipinski definition) is 0. The molecule has 1 heterocycles. The lowest BCUT2D eigenvalue weighted by Gasteiger charge is -2.21. The zero-order chi connectivity index (χ0) is 8.39. The number of hydrogen-bond acceptors (Lipinski definition) is 1. The fourth-order valence-electron chi connectivity index (χ4n) is 2.16. The van der Waals surface area contributed by atoms with E-state index in [0.717, 1.165) is 14.3 Å². The summed E-state index contributed by atoms with van der Waals surface area (Å²) in [5, 5.41) is 1.66. The maximum absolute atomic E-state index is 4.35. The van der Waals surface area contributed by atoms with Crippen molar-refractivity contribution in [3.63, 3.8) is 0 Å². The van der Waals surface area contributed by atoms with Crippen LogP contribution in [0.1, 0.15) is 48.9 Å². The molecule has 1 fully saturated rings. The highest BCUT2D eigenvalue weighted by atomic mass is 31.0. The van der Waals surface area contributed by atoms with Crippen LogP contribution in [0, 0.1) is 6.92 Å². The van der Waals surface area contributed by atoms with Crippen LogP contribution in [-0.2, 0) is 0 Å². The van der Waals surface area contributed by atoms with Gasteiger partial charge < -0.3 is 0 Å². The molecule has 1 saturated carbocycles. The number of nitrogens with zero attached hydrogens (tertiary/aromatic N) is 1. The molecule has 66 valence electrons. The Balaban J connectivity index is 2.13. The molecule has 0 bridgehead atoms. The molecule has 2 heteroatoms. The largest absolute Gasteiger partial charge is 0.248 e. The maximum Gasteiger partial charge on any atom is 0.0342 e. The molecule has 1 aliphatic rings. The molecule has 1 aliphatic carbocycles. The van der Waals surface area contributed by atoms with Crippen molar-refractivity contribution in [1.82, 2.24) is 4.75 Å². The van der Waals surface area contributed by atoms with Gasteiger partial charge >= 0.3 is 0 Å². The Kier molecular flexibility index (Phi) is 2.51. The third-order valence-electron chi connectivity index (χ3n) is 2.88. The average Bonchev–Trinajstić information content (AvgIpc) is 2.53. The van der Waals surface area contributed by atoms with Crippen LogP contribution in [0.2, 0.25) is 0 Å². The minimum absolute atomic E-state index is 0.760. The Hall–Kier alpha value is -0.290. The number of aryl methyl sites for hydroxylation is 1. The Morgan fingerprint density at radius 2 is 2.08 bits per heavy atom. The summed E-state index contributed by atoms with van der Waals surface area (Å²) in [6.45, 7) is 2.22. The van der Waals surface area contributed by atoms with Gasteiger partial charge in [-0.15, -0.1) is 0 Å². The van der Waals surface area contributed by atoms with Gasteiger partial charge in [0.15, 0.2) is 0 Å². The molecule has 0 N–H and O–H groups in total. The van der Waals surface area contributed by atoms with Crippen LogP contribution >= 0.6 is 8.35 Å². The van der Waals surface area contributed by atoms with Gasteiger partial charge in [0.05, 0.1) is 0 Å². The Labute approximate surface area is 75.7 Å². The second kappa shape index (κ2) is 3.62. The average molecular weight is 181 g/mol. The van der Waals surface area contributed by atoms with Crippen molar-refractivity contribution in [1.29, 1.82) is 0 Å². The Morgan fingerprint density at radius 1 is 1.33 bits per heavy atom. The molecule has 1 aromatic rings. The standard InChI is InChI=1S/C10H16NP/c1-8-7-11-12-10(8)9-5-3-2-4-6-9/h7,9,12H,2-6H2,1H3. The van der Waals surface area contributed by atoms with Gasteiger partial charge in [-0.25, -0.2) is 4.75 Å². The van der Waals surface area contributed by atoms with Gasteiger partial charge in [-0.3, -0.25) is 0 Å². The first-order valence-electron chi connectivity index (χ1n) is 4.88. The molecule has 0 amide bonds. The van der Waals surface area contributed by atoms with Crippen molar-refractivity contribution in [3.8, 4) is 0 Å². The van der Waals surface area contributed by atoms with Crippen LogP contribution in [0.3, 0.4) is 0 Å². The van der Waals surface area contributed by atoms with Crippen LogP contribution < -0.4 is 0 Å². The van der Waals surface area contributed by atoms with Crippen LogP contribution in [0.5, 0.6) is 0 Å². The first-order chi connectivity index (χ1) is 5.88. The predicted octanol–water partition coefficient (Wildman–Crippen LogP) is 3.47. The molecule has 2 rings (SSSR count). The van der Waals surface area contributed by atoms with E-state index in [0.29, 0.717) is 0 Å². The first-order valence-corrected chi connectivity index (χ1v) is 5.82. The molecule has 1 nitrogen and oxygen atoms in total. The fraction of sp³-hybridized carbons (Fsp3) is 0.700. The zero-order valence-electron chi connectivity index (χ0n) is 7.64. The van der Waals surface area contributed by atoms with Crippen molar-refractivity contribution in [3.05, 3.63) is 17.1 Å². The van der Waals surface area contributed by atoms with E-state index in [2.05, 4.69) is 17.9 Å². The monoisotopic (exact) mass is 181 g/mol. The van der Waals surface area contributed by atoms with E-state index in [-0.39, 0.29) is 0 Å². The highest BCUT2D eigenvalue weighted by Crippen LogP contribution is 2.37. The van der Waals surface area contributed by atoms with E-state index in [1.807, 2.05) is 0 Å². The molecule has 1 atom stereocenters. The maximum atomic E-state index is 4.35. The van der Waals surface area contributed by atoms with E-state index >= 15 is 0 Å². The highest BCUT2D eigenvalue weighted by molar-refractivity contribution is 7.26. The highest BCUT2D eigenvalue weighted by Gasteiger charge is 2.17. The Morgan fingerprint density at radius 3 is 2.67 bits per heavy atom. The molecular weight excluding hydrogens is 165 g/mol. The van der Waals surface area contributed by atoms with Gasteiger partial charge in [0.2, 0.25) is 0 Å². The minimum Gasteiger partial charge on any atom is -0.248 e. The third-order valence-corrected chi connectivity index (χ3v) is 4.18. The van der Waals surface area contributed by atoms with Crippen LogP contribution in [0.15, 0.2) is 6.20 Å². The van der Waals surface area contributed by atoms with E-state index in [1.54, 1.807) is 5.30 Å². The molecule has 0 aromatic carbocycles. The lowest BCUT2D eigenvalue weighted by molar-refractivity contribution is 0.447. The number of aromatic nitrogens is 1. The van der Waals surface area contributed by atoms with E-state index in [1.165, 1.54) is 37.7 Å². The van der Waals surface area contributed by atoms with E-state index in [9.17, 15) is 0 Å². The molecule has 0 saturated heterocycles. The van der Waals surface area contributed by atoms with Gasteiger partial charge in [0.25, 0.3) is 0 Å². The van der Waals surface area contributed by atoms with Crippen LogP contribution in [-0.4, -0.2) is 4.75 Å². The molecule has 12 heavy (non-hydrogen) atoms. The van der Waals surface area contributed by atoms with E-state index < -0.39 is 0 Å². The molecule has 0 aliphatic heterocycles.